The van der Waals surface area contributed by atoms with Gasteiger partial charge in [-0.25, -0.2) is 4.98 Å². The van der Waals surface area contributed by atoms with E-state index in [1.807, 2.05) is 12.1 Å². The third-order valence-electron chi connectivity index (χ3n) is 3.39. The summed E-state index contributed by atoms with van der Waals surface area (Å²) in [5, 5.41) is 8.92. The van der Waals surface area contributed by atoms with Gasteiger partial charge in [0.05, 0.1) is 17.9 Å². The molecule has 1 aromatic rings. The van der Waals surface area contributed by atoms with Gasteiger partial charge in [-0.15, -0.1) is 0 Å². The van der Waals surface area contributed by atoms with E-state index in [2.05, 4.69) is 9.88 Å². The number of nitrogens with zero attached hydrogens (tertiary/aromatic N) is 3. The molecule has 0 aliphatic carbocycles. The van der Waals surface area contributed by atoms with Crippen molar-refractivity contribution in [3.63, 3.8) is 0 Å². The van der Waals surface area contributed by atoms with Crippen molar-refractivity contribution in [3.05, 3.63) is 17.8 Å². The average molecular weight is 230 g/mol. The Morgan fingerprint density at radius 2 is 2.06 bits per heavy atom. The molecule has 2 saturated heterocycles. The summed E-state index contributed by atoms with van der Waals surface area (Å²) in [5.41, 5.74) is 6.41. The molecule has 3 rings (SSSR count). The summed E-state index contributed by atoms with van der Waals surface area (Å²) in [7, 11) is 0. The van der Waals surface area contributed by atoms with Crippen LogP contribution >= 0.6 is 0 Å². The number of anilines is 2. The van der Waals surface area contributed by atoms with Crippen molar-refractivity contribution in [1.82, 2.24) is 4.98 Å². The number of ether oxygens (including phenoxy) is 1. The van der Waals surface area contributed by atoms with Crippen LogP contribution in [0.3, 0.4) is 0 Å². The molecule has 2 aliphatic rings. The Hall–Kier alpha value is -1.80. The van der Waals surface area contributed by atoms with Crippen LogP contribution in [0.4, 0.5) is 11.5 Å². The molecule has 2 aliphatic heterocycles. The van der Waals surface area contributed by atoms with E-state index in [9.17, 15) is 0 Å². The summed E-state index contributed by atoms with van der Waals surface area (Å²) >= 11 is 0. The molecule has 5 nitrogen and oxygen atoms in total. The smallest absolute Gasteiger partial charge is 0.165 e. The van der Waals surface area contributed by atoms with E-state index in [1.165, 1.54) is 0 Å². The molecule has 17 heavy (non-hydrogen) atoms. The first-order valence-electron chi connectivity index (χ1n) is 5.83. The zero-order valence-electron chi connectivity index (χ0n) is 9.47. The molecule has 1 aromatic heterocycles. The van der Waals surface area contributed by atoms with Gasteiger partial charge < -0.3 is 15.4 Å². The van der Waals surface area contributed by atoms with Crippen LogP contribution < -0.4 is 10.6 Å². The van der Waals surface area contributed by atoms with Crippen LogP contribution in [-0.2, 0) is 4.74 Å². The van der Waals surface area contributed by atoms with Crippen LogP contribution in [0.2, 0.25) is 0 Å². The van der Waals surface area contributed by atoms with Crippen molar-refractivity contribution >= 4 is 11.5 Å². The van der Waals surface area contributed by atoms with Crippen LogP contribution in [0.15, 0.2) is 12.1 Å². The SMILES string of the molecule is N#Cc1nc(N2CC3CCC(C2)O3)ccc1N. The molecule has 5 heteroatoms. The molecule has 0 spiro atoms. The zero-order chi connectivity index (χ0) is 11.8. The van der Waals surface area contributed by atoms with Crippen molar-refractivity contribution < 1.29 is 4.74 Å². The quantitative estimate of drug-likeness (QED) is 0.775. The highest BCUT2D eigenvalue weighted by molar-refractivity contribution is 5.55. The number of hydrogen-bond acceptors (Lipinski definition) is 5. The van der Waals surface area contributed by atoms with Gasteiger partial charge in [-0.2, -0.15) is 5.26 Å². The van der Waals surface area contributed by atoms with E-state index in [1.54, 1.807) is 6.07 Å². The first kappa shape index (κ1) is 10.4. The normalized spacial score (nSPS) is 26.9. The molecule has 2 unspecified atom stereocenters. The number of nitriles is 1. The number of aromatic nitrogens is 1. The molecule has 0 amide bonds. The lowest BCUT2D eigenvalue weighted by atomic mass is 10.2. The van der Waals surface area contributed by atoms with Crippen LogP contribution in [0.25, 0.3) is 0 Å². The number of rotatable bonds is 1. The summed E-state index contributed by atoms with van der Waals surface area (Å²) < 4.78 is 5.77. The topological polar surface area (TPSA) is 75.2 Å². The molecule has 0 aromatic carbocycles. The van der Waals surface area contributed by atoms with Gasteiger partial charge in [-0.1, -0.05) is 0 Å². The summed E-state index contributed by atoms with van der Waals surface area (Å²) in [6.45, 7) is 1.72. The fourth-order valence-corrected chi connectivity index (χ4v) is 2.53. The average Bonchev–Trinajstić information content (AvgIpc) is 2.69. The predicted octanol–water partition coefficient (Wildman–Crippen LogP) is 0.903. The van der Waals surface area contributed by atoms with Gasteiger partial charge in [0.1, 0.15) is 11.9 Å². The van der Waals surface area contributed by atoms with Crippen molar-refractivity contribution in [3.8, 4) is 6.07 Å². The molecule has 2 atom stereocenters. The van der Waals surface area contributed by atoms with E-state index in [4.69, 9.17) is 15.7 Å². The molecular formula is C12H14N4O. The second-order valence-corrected chi connectivity index (χ2v) is 4.58. The lowest BCUT2D eigenvalue weighted by Crippen LogP contribution is -2.43. The Morgan fingerprint density at radius 3 is 2.71 bits per heavy atom. The monoisotopic (exact) mass is 230 g/mol. The van der Waals surface area contributed by atoms with Crippen molar-refractivity contribution in [2.75, 3.05) is 23.7 Å². The van der Waals surface area contributed by atoms with Crippen LogP contribution in [-0.4, -0.2) is 30.3 Å². The standard InChI is InChI=1S/C12H14N4O/c13-5-11-10(14)3-4-12(15-11)16-6-8-1-2-9(7-16)17-8/h3-4,8-9H,1-2,6-7,14H2. The number of pyridine rings is 1. The minimum absolute atomic E-state index is 0.307. The van der Waals surface area contributed by atoms with Gasteiger partial charge in [0.25, 0.3) is 0 Å². The number of nitrogens with two attached hydrogens (primary N) is 1. The summed E-state index contributed by atoms with van der Waals surface area (Å²) in [6, 6.07) is 5.64. The minimum atomic E-state index is 0.307. The fourth-order valence-electron chi connectivity index (χ4n) is 2.53. The molecule has 2 N–H and O–H groups in total. The summed E-state index contributed by atoms with van der Waals surface area (Å²) in [5.74, 6) is 0.830. The molecule has 88 valence electrons. The molecular weight excluding hydrogens is 216 g/mol. The second-order valence-electron chi connectivity index (χ2n) is 4.58. The van der Waals surface area contributed by atoms with Crippen molar-refractivity contribution in [1.29, 1.82) is 5.26 Å². The van der Waals surface area contributed by atoms with Gasteiger partial charge in [0.15, 0.2) is 5.69 Å². The number of nitrogen functional groups attached to an aromatic ring is 1. The molecule has 2 fully saturated rings. The third-order valence-corrected chi connectivity index (χ3v) is 3.39. The first-order valence-corrected chi connectivity index (χ1v) is 5.83. The van der Waals surface area contributed by atoms with Gasteiger partial charge >= 0.3 is 0 Å². The maximum Gasteiger partial charge on any atom is 0.165 e. The van der Waals surface area contributed by atoms with Crippen LogP contribution in [0.5, 0.6) is 0 Å². The second kappa shape index (κ2) is 3.90. The third kappa shape index (κ3) is 1.81. The number of morpholine rings is 1. The van der Waals surface area contributed by atoms with Crippen LogP contribution in [0, 0.1) is 11.3 Å². The van der Waals surface area contributed by atoms with Crippen LogP contribution in [0.1, 0.15) is 18.5 Å². The fraction of sp³-hybridized carbons (Fsp3) is 0.500. The summed E-state index contributed by atoms with van der Waals surface area (Å²) in [6.07, 6.45) is 2.89. The highest BCUT2D eigenvalue weighted by Crippen LogP contribution is 2.29. The Bertz CT molecular complexity index is 470. The number of hydrogen-bond donors (Lipinski definition) is 1. The van der Waals surface area contributed by atoms with Crippen molar-refractivity contribution in [2.45, 2.75) is 25.0 Å². The Labute approximate surface area is 99.8 Å². The van der Waals surface area contributed by atoms with E-state index >= 15 is 0 Å². The van der Waals surface area contributed by atoms with Gasteiger partial charge in [0, 0.05) is 13.1 Å². The first-order chi connectivity index (χ1) is 8.26. The molecule has 0 radical (unpaired) electrons. The lowest BCUT2D eigenvalue weighted by molar-refractivity contribution is 0.0302. The highest BCUT2D eigenvalue weighted by Gasteiger charge is 2.34. The highest BCUT2D eigenvalue weighted by atomic mass is 16.5. The molecule has 3 heterocycles. The Kier molecular flexibility index (Phi) is 2.37. The van der Waals surface area contributed by atoms with Gasteiger partial charge in [0.2, 0.25) is 0 Å². The summed E-state index contributed by atoms with van der Waals surface area (Å²) in [4.78, 5) is 6.48. The van der Waals surface area contributed by atoms with E-state index in [-0.39, 0.29) is 0 Å². The Balaban J connectivity index is 1.87. The van der Waals surface area contributed by atoms with Gasteiger partial charge in [-0.05, 0) is 25.0 Å². The van der Waals surface area contributed by atoms with E-state index in [0.29, 0.717) is 23.6 Å². The molecule has 2 bridgehead atoms. The van der Waals surface area contributed by atoms with Crippen molar-refractivity contribution in [2.24, 2.45) is 0 Å². The van der Waals surface area contributed by atoms with E-state index < -0.39 is 0 Å². The number of fused-ring (bicyclic) bond motifs is 2. The zero-order valence-corrected chi connectivity index (χ0v) is 9.47. The maximum absolute atomic E-state index is 8.92. The Morgan fingerprint density at radius 1 is 1.35 bits per heavy atom. The predicted molar refractivity (Wildman–Crippen MR) is 63.5 cm³/mol. The maximum atomic E-state index is 8.92. The minimum Gasteiger partial charge on any atom is -0.396 e. The largest absolute Gasteiger partial charge is 0.396 e. The van der Waals surface area contributed by atoms with E-state index in [0.717, 1.165) is 31.7 Å². The van der Waals surface area contributed by atoms with Gasteiger partial charge in [-0.3, -0.25) is 0 Å². The molecule has 0 saturated carbocycles. The lowest BCUT2D eigenvalue weighted by Gasteiger charge is -2.33.